The van der Waals surface area contributed by atoms with E-state index in [0.29, 0.717) is 29.0 Å². The zero-order valence-corrected chi connectivity index (χ0v) is 22.2. The summed E-state index contributed by atoms with van der Waals surface area (Å²) >= 11 is 13.1. The Balaban J connectivity index is 1.42. The van der Waals surface area contributed by atoms with Gasteiger partial charge in [0.2, 0.25) is 5.91 Å². The largest absolute Gasteiger partial charge is 0.491 e. The van der Waals surface area contributed by atoms with Crippen LogP contribution in [0.3, 0.4) is 0 Å². The van der Waals surface area contributed by atoms with Crippen molar-refractivity contribution in [3.63, 3.8) is 0 Å². The molecule has 2 saturated heterocycles. The fourth-order valence-corrected chi connectivity index (χ4v) is 6.88. The maximum atomic E-state index is 13.0. The first kappa shape index (κ1) is 24.9. The minimum absolute atomic E-state index is 0.0789. The van der Waals surface area contributed by atoms with E-state index in [0.717, 1.165) is 18.4 Å². The number of nitrogens with one attached hydrogen (secondary N) is 1. The zero-order valence-electron chi connectivity index (χ0n) is 20.6. The third-order valence-electron chi connectivity index (χ3n) is 8.08. The maximum absolute atomic E-state index is 13.0. The van der Waals surface area contributed by atoms with E-state index in [4.69, 9.17) is 37.4 Å². The number of carbonyl (C=O) groups excluding carboxylic acids is 1. The summed E-state index contributed by atoms with van der Waals surface area (Å²) < 4.78 is 17.4. The van der Waals surface area contributed by atoms with E-state index in [1.807, 2.05) is 38.1 Å². The topological polar surface area (TPSA) is 56.8 Å². The number of carbonyl (C=O) groups is 1. The van der Waals surface area contributed by atoms with Crippen LogP contribution >= 0.6 is 23.2 Å². The molecule has 5 nitrogen and oxygen atoms in total. The molecular formula is C28H33Cl2NO4. The van der Waals surface area contributed by atoms with E-state index in [-0.39, 0.29) is 35.8 Å². The summed E-state index contributed by atoms with van der Waals surface area (Å²) in [5.74, 6) is 0.763. The van der Waals surface area contributed by atoms with Crippen molar-refractivity contribution in [3.8, 4) is 5.75 Å². The van der Waals surface area contributed by atoms with Gasteiger partial charge in [-0.15, -0.1) is 0 Å². The average Bonchev–Trinajstić information content (AvgIpc) is 3.27. The Bertz CT molecular complexity index is 1100. The van der Waals surface area contributed by atoms with Gasteiger partial charge >= 0.3 is 0 Å². The van der Waals surface area contributed by atoms with E-state index < -0.39 is 11.2 Å². The summed E-state index contributed by atoms with van der Waals surface area (Å²) in [5, 5.41) is 4.61. The van der Waals surface area contributed by atoms with E-state index in [1.165, 1.54) is 5.56 Å². The molecule has 1 N–H and O–H groups in total. The normalized spacial score (nSPS) is 33.9. The molecule has 6 atom stereocenters. The molecular weight excluding hydrogens is 485 g/mol. The molecule has 2 aliphatic heterocycles. The van der Waals surface area contributed by atoms with Crippen LogP contribution in [0.1, 0.15) is 63.5 Å². The predicted octanol–water partition coefficient (Wildman–Crippen LogP) is 6.33. The fourth-order valence-electron chi connectivity index (χ4n) is 6.44. The summed E-state index contributed by atoms with van der Waals surface area (Å²) in [5.41, 5.74) is 1.89. The van der Waals surface area contributed by atoms with Crippen LogP contribution in [-0.2, 0) is 14.3 Å². The number of fused-ring (bicyclic) bond motifs is 1. The van der Waals surface area contributed by atoms with Crippen molar-refractivity contribution in [1.29, 1.82) is 0 Å². The Kier molecular flexibility index (Phi) is 6.58. The Morgan fingerprint density at radius 3 is 2.51 bits per heavy atom. The molecule has 1 aliphatic carbocycles. The van der Waals surface area contributed by atoms with Gasteiger partial charge in [-0.25, -0.2) is 0 Å². The van der Waals surface area contributed by atoms with Crippen molar-refractivity contribution in [1.82, 2.24) is 5.32 Å². The van der Waals surface area contributed by atoms with Gasteiger partial charge in [0.25, 0.3) is 0 Å². The highest BCUT2D eigenvalue weighted by Gasteiger charge is 2.57. The van der Waals surface area contributed by atoms with E-state index in [1.54, 1.807) is 0 Å². The van der Waals surface area contributed by atoms with Crippen LogP contribution in [0, 0.1) is 11.3 Å². The zero-order chi connectivity index (χ0) is 25.0. The van der Waals surface area contributed by atoms with Crippen molar-refractivity contribution < 1.29 is 19.0 Å². The number of benzene rings is 2. The van der Waals surface area contributed by atoms with E-state index in [9.17, 15) is 4.79 Å². The Hall–Kier alpha value is -1.79. The second kappa shape index (κ2) is 9.26. The van der Waals surface area contributed by atoms with Gasteiger partial charge in [-0.1, -0.05) is 48.3 Å². The highest BCUT2D eigenvalue weighted by molar-refractivity contribution is 6.31. The first-order valence-electron chi connectivity index (χ1n) is 12.4. The smallest absolute Gasteiger partial charge is 0.226 e. The highest BCUT2D eigenvalue weighted by atomic mass is 35.5. The van der Waals surface area contributed by atoms with Crippen molar-refractivity contribution in [2.75, 3.05) is 13.2 Å². The van der Waals surface area contributed by atoms with Crippen LogP contribution in [0.2, 0.25) is 10.0 Å². The molecule has 2 aromatic carbocycles. The Morgan fingerprint density at radius 2 is 1.86 bits per heavy atom. The minimum atomic E-state index is -0.574. The summed E-state index contributed by atoms with van der Waals surface area (Å²) in [4.78, 5) is 13.0. The number of hydrogen-bond donors (Lipinski definition) is 1. The molecule has 1 saturated carbocycles. The molecule has 1 amide bonds. The Labute approximate surface area is 217 Å². The first-order valence-corrected chi connectivity index (χ1v) is 13.1. The summed E-state index contributed by atoms with van der Waals surface area (Å²) in [6.45, 7) is 8.95. The lowest BCUT2D eigenvalue weighted by atomic mass is 9.56. The van der Waals surface area contributed by atoms with Crippen molar-refractivity contribution in [3.05, 3.63) is 63.6 Å². The minimum Gasteiger partial charge on any atom is -0.491 e. The molecule has 2 aromatic rings. The molecule has 5 rings (SSSR count). The molecule has 7 heteroatoms. The highest BCUT2D eigenvalue weighted by Crippen LogP contribution is 2.59. The molecule has 3 aliphatic rings. The molecule has 35 heavy (non-hydrogen) atoms. The summed E-state index contributed by atoms with van der Waals surface area (Å²) in [6, 6.07) is 14.1. The molecule has 2 heterocycles. The molecule has 188 valence electrons. The van der Waals surface area contributed by atoms with Gasteiger partial charge in [-0.05, 0) is 80.8 Å². The van der Waals surface area contributed by atoms with Crippen LogP contribution in [0.15, 0.2) is 42.5 Å². The van der Waals surface area contributed by atoms with Crippen LogP contribution in [0.5, 0.6) is 5.75 Å². The molecule has 0 bridgehead atoms. The maximum Gasteiger partial charge on any atom is 0.226 e. The third-order valence-corrected chi connectivity index (χ3v) is 8.66. The lowest BCUT2D eigenvalue weighted by Crippen LogP contribution is -2.42. The Morgan fingerprint density at radius 1 is 1.11 bits per heavy atom. The number of rotatable bonds is 5. The van der Waals surface area contributed by atoms with Crippen LogP contribution in [0.4, 0.5) is 0 Å². The molecule has 0 spiro atoms. The molecule has 0 radical (unpaired) electrons. The van der Waals surface area contributed by atoms with E-state index in [2.05, 4.69) is 37.4 Å². The standard InChI is InChI=1S/C28H33Cl2NO4/c1-16-25-24(17-5-7-18(29)8-6-17)22(11-12-28(25,4)26(32)31-16)21-10-9-19(13-23(21)30)33-14-20-15-34-27(2,3)35-20/h5-10,13,16,20,22,24-25H,11-12,14-15H2,1-4H3,(H,31,32)/t16-,20-,22?,24+,25+,28-/m1/s1. The number of ether oxygens (including phenoxy) is 3. The number of halogens is 2. The van der Waals surface area contributed by atoms with Gasteiger partial charge < -0.3 is 19.5 Å². The average molecular weight is 518 g/mol. The third kappa shape index (κ3) is 4.69. The number of amides is 1. The van der Waals surface area contributed by atoms with Gasteiger partial charge in [0.05, 0.1) is 12.0 Å². The second-order valence-electron chi connectivity index (χ2n) is 10.9. The molecule has 0 aromatic heterocycles. The van der Waals surface area contributed by atoms with Crippen LogP contribution in [-0.4, -0.2) is 37.1 Å². The lowest BCUT2D eigenvalue weighted by Gasteiger charge is -2.46. The predicted molar refractivity (Wildman–Crippen MR) is 137 cm³/mol. The second-order valence-corrected chi connectivity index (χ2v) is 11.7. The SMILES string of the molecule is C[C@H]1NC(=O)[C@]2(C)CCC(c3ccc(OC[C@@H]4COC(C)(C)O4)cc3Cl)[C@H](c3ccc(Cl)cc3)[C@H]12. The summed E-state index contributed by atoms with van der Waals surface area (Å²) in [6.07, 6.45) is 1.59. The lowest BCUT2D eigenvalue weighted by molar-refractivity contribution is -0.141. The van der Waals surface area contributed by atoms with Crippen molar-refractivity contribution in [2.24, 2.45) is 11.3 Å². The number of hydrogen-bond acceptors (Lipinski definition) is 4. The molecule has 1 unspecified atom stereocenters. The van der Waals surface area contributed by atoms with E-state index >= 15 is 0 Å². The van der Waals surface area contributed by atoms with Crippen LogP contribution in [0.25, 0.3) is 0 Å². The van der Waals surface area contributed by atoms with Gasteiger partial charge in [-0.3, -0.25) is 4.79 Å². The molecule has 3 fully saturated rings. The monoisotopic (exact) mass is 517 g/mol. The van der Waals surface area contributed by atoms with Crippen molar-refractivity contribution >= 4 is 29.1 Å². The first-order chi connectivity index (χ1) is 16.6. The van der Waals surface area contributed by atoms with Gasteiger partial charge in [-0.2, -0.15) is 0 Å². The van der Waals surface area contributed by atoms with Gasteiger partial charge in [0, 0.05) is 22.0 Å². The quantitative estimate of drug-likeness (QED) is 0.503. The fraction of sp³-hybridized carbons (Fsp3) is 0.536. The summed E-state index contributed by atoms with van der Waals surface area (Å²) in [7, 11) is 0. The van der Waals surface area contributed by atoms with Crippen molar-refractivity contribution in [2.45, 2.75) is 70.3 Å². The van der Waals surface area contributed by atoms with Gasteiger partial charge in [0.15, 0.2) is 5.79 Å². The van der Waals surface area contributed by atoms with Crippen LogP contribution < -0.4 is 10.1 Å². The van der Waals surface area contributed by atoms with Gasteiger partial charge in [0.1, 0.15) is 18.5 Å².